The van der Waals surface area contributed by atoms with Gasteiger partial charge in [0.25, 0.3) is 0 Å². The number of hydrogen-bond donors (Lipinski definition) is 2. The van der Waals surface area contributed by atoms with Crippen molar-refractivity contribution in [3.63, 3.8) is 0 Å². The van der Waals surface area contributed by atoms with Crippen molar-refractivity contribution in [2.24, 2.45) is 0 Å². The first-order valence-electron chi connectivity index (χ1n) is 11.1. The van der Waals surface area contributed by atoms with Crippen LogP contribution in [-0.2, 0) is 6.42 Å². The van der Waals surface area contributed by atoms with E-state index in [0.717, 1.165) is 39.2 Å². The molecule has 6 rings (SSSR count). The van der Waals surface area contributed by atoms with Crippen molar-refractivity contribution >= 4 is 38.6 Å². The van der Waals surface area contributed by atoms with Gasteiger partial charge in [-0.3, -0.25) is 0 Å². The van der Waals surface area contributed by atoms with Crippen molar-refractivity contribution in [2.75, 3.05) is 13.7 Å². The molecule has 1 aliphatic carbocycles. The molecule has 0 spiro atoms. The molecule has 8 nitrogen and oxygen atoms in total. The normalized spacial score (nSPS) is 17.0. The predicted molar refractivity (Wildman–Crippen MR) is 127 cm³/mol. The molecule has 0 saturated heterocycles. The fourth-order valence-corrected chi connectivity index (χ4v) is 5.35. The van der Waals surface area contributed by atoms with E-state index in [-0.39, 0.29) is 23.9 Å². The molecule has 1 fully saturated rings. The van der Waals surface area contributed by atoms with E-state index in [9.17, 15) is 9.18 Å². The molecule has 4 aromatic rings. The highest BCUT2D eigenvalue weighted by atomic mass is 32.1. The molecule has 2 amide bonds. The number of rotatable bonds is 5. The van der Waals surface area contributed by atoms with Crippen molar-refractivity contribution in [1.82, 2.24) is 25.6 Å². The summed E-state index contributed by atoms with van der Waals surface area (Å²) < 4.78 is 26.9. The zero-order chi connectivity index (χ0) is 23.4. The smallest absolute Gasteiger partial charge is 0.315 e. The van der Waals surface area contributed by atoms with Gasteiger partial charge in [-0.25, -0.2) is 24.1 Å². The lowest BCUT2D eigenvalue weighted by atomic mass is 10.1. The number of hydrogen-bond acceptors (Lipinski definition) is 7. The molecule has 0 bridgehead atoms. The third-order valence-corrected chi connectivity index (χ3v) is 7.17. The van der Waals surface area contributed by atoms with Crippen molar-refractivity contribution in [2.45, 2.75) is 38.3 Å². The van der Waals surface area contributed by atoms with Crippen LogP contribution in [0.3, 0.4) is 0 Å². The van der Waals surface area contributed by atoms with E-state index in [4.69, 9.17) is 14.5 Å². The molecule has 1 aliphatic heterocycles. The summed E-state index contributed by atoms with van der Waals surface area (Å²) in [7, 11) is 1.56. The van der Waals surface area contributed by atoms with Crippen LogP contribution in [-0.4, -0.2) is 46.8 Å². The lowest BCUT2D eigenvalue weighted by molar-refractivity contribution is 0.209. The fourth-order valence-electron chi connectivity index (χ4n) is 4.24. The Morgan fingerprint density at radius 3 is 2.91 bits per heavy atom. The van der Waals surface area contributed by atoms with Gasteiger partial charge in [-0.15, -0.1) is 11.3 Å². The van der Waals surface area contributed by atoms with E-state index < -0.39 is 5.82 Å². The van der Waals surface area contributed by atoms with Gasteiger partial charge in [0, 0.05) is 29.7 Å². The number of halogens is 1. The average Bonchev–Trinajstić information content (AvgIpc) is 3.36. The molecule has 1 unspecified atom stereocenters. The van der Waals surface area contributed by atoms with Crippen molar-refractivity contribution < 1.29 is 18.7 Å². The first kappa shape index (κ1) is 21.0. The Bertz CT molecular complexity index is 1450. The SMILES string of the molecule is COc1cnc2c(-c3nc4cc(F)c5c(c4s3)CC(CNC(=O)NC3CC3)O5)cc(C)cc2n1. The quantitative estimate of drug-likeness (QED) is 0.447. The number of benzene rings is 2. The zero-order valence-corrected chi connectivity index (χ0v) is 19.5. The second-order valence-corrected chi connectivity index (χ2v) is 9.70. The van der Waals surface area contributed by atoms with E-state index in [1.54, 1.807) is 13.3 Å². The van der Waals surface area contributed by atoms with Crippen LogP contribution in [0.1, 0.15) is 24.0 Å². The standard InChI is InChI=1S/C24H22FN5O3S/c1-11-5-14(20-17(6-11)29-19(32-2)10-26-20)23-30-18-8-16(25)21-15(22(18)34-23)7-13(33-21)9-27-24(31)28-12-3-4-12/h5-6,8,10,12-13H,3-4,7,9H2,1-2H3,(H2,27,28,31). The largest absolute Gasteiger partial charge is 0.485 e. The van der Waals surface area contributed by atoms with E-state index in [2.05, 4.69) is 20.6 Å². The van der Waals surface area contributed by atoms with Crippen molar-refractivity contribution in [1.29, 1.82) is 0 Å². The number of aromatic nitrogens is 3. The number of methoxy groups -OCH3 is 1. The predicted octanol–water partition coefficient (Wildman–Crippen LogP) is 4.13. The molecular formula is C24H22FN5O3S. The Morgan fingerprint density at radius 2 is 2.12 bits per heavy atom. The van der Waals surface area contributed by atoms with Crippen LogP contribution in [0.25, 0.3) is 31.8 Å². The van der Waals surface area contributed by atoms with Crippen LogP contribution >= 0.6 is 11.3 Å². The summed E-state index contributed by atoms with van der Waals surface area (Å²) in [6.45, 7) is 2.29. The summed E-state index contributed by atoms with van der Waals surface area (Å²) in [5.74, 6) is 0.245. The fraction of sp³-hybridized carbons (Fsp3) is 0.333. The first-order valence-corrected chi connectivity index (χ1v) is 11.9. The maximum atomic E-state index is 14.9. The lowest BCUT2D eigenvalue weighted by Gasteiger charge is -2.12. The van der Waals surface area contributed by atoms with E-state index >= 15 is 0 Å². The Hall–Kier alpha value is -3.53. The summed E-state index contributed by atoms with van der Waals surface area (Å²) in [6.07, 6.45) is 3.79. The molecule has 10 heteroatoms. The zero-order valence-electron chi connectivity index (χ0n) is 18.6. The Balaban J connectivity index is 1.33. The number of nitrogens with one attached hydrogen (secondary N) is 2. The maximum absolute atomic E-state index is 14.9. The van der Waals surface area contributed by atoms with Gasteiger partial charge in [-0.1, -0.05) is 0 Å². The lowest BCUT2D eigenvalue weighted by Crippen LogP contribution is -2.41. The molecule has 2 aromatic carbocycles. The van der Waals surface area contributed by atoms with Crippen LogP contribution in [0.2, 0.25) is 0 Å². The van der Waals surface area contributed by atoms with Gasteiger partial charge < -0.3 is 20.1 Å². The number of nitrogens with zero attached hydrogens (tertiary/aromatic N) is 3. The molecule has 0 radical (unpaired) electrons. The number of carbonyl (C=O) groups excluding carboxylic acids is 1. The third-order valence-electron chi connectivity index (χ3n) is 6.01. The van der Waals surface area contributed by atoms with Crippen molar-refractivity contribution in [3.05, 3.63) is 41.3 Å². The van der Waals surface area contributed by atoms with E-state index in [1.165, 1.54) is 17.4 Å². The Kier molecular flexibility index (Phi) is 4.98. The molecule has 2 aromatic heterocycles. The number of thiazole rings is 1. The van der Waals surface area contributed by atoms with E-state index in [0.29, 0.717) is 35.4 Å². The number of aryl methyl sites for hydroxylation is 1. The summed E-state index contributed by atoms with van der Waals surface area (Å²) in [6, 6.07) is 5.44. The summed E-state index contributed by atoms with van der Waals surface area (Å²) >= 11 is 1.48. The molecule has 2 N–H and O–H groups in total. The maximum Gasteiger partial charge on any atom is 0.315 e. The summed E-state index contributed by atoms with van der Waals surface area (Å²) in [4.78, 5) is 25.7. The van der Waals surface area contributed by atoms with E-state index in [1.807, 2.05) is 19.1 Å². The summed E-state index contributed by atoms with van der Waals surface area (Å²) in [5, 5.41) is 6.45. The van der Waals surface area contributed by atoms with Gasteiger partial charge in [0.1, 0.15) is 11.1 Å². The third kappa shape index (κ3) is 3.77. The minimum absolute atomic E-state index is 0.211. The van der Waals surface area contributed by atoms with Gasteiger partial charge in [-0.2, -0.15) is 0 Å². The van der Waals surface area contributed by atoms with Gasteiger partial charge in [0.05, 0.1) is 41.1 Å². The molecule has 3 heterocycles. The number of amides is 2. The van der Waals surface area contributed by atoms with Crippen LogP contribution in [0.5, 0.6) is 11.6 Å². The van der Waals surface area contributed by atoms with Gasteiger partial charge in [0.2, 0.25) is 5.88 Å². The minimum Gasteiger partial charge on any atom is -0.485 e. The van der Waals surface area contributed by atoms with Crippen LogP contribution < -0.4 is 20.1 Å². The highest BCUT2D eigenvalue weighted by Crippen LogP contribution is 2.43. The Morgan fingerprint density at radius 1 is 1.26 bits per heavy atom. The van der Waals surface area contributed by atoms with Gasteiger partial charge >= 0.3 is 6.03 Å². The highest BCUT2D eigenvalue weighted by molar-refractivity contribution is 7.22. The second-order valence-electron chi connectivity index (χ2n) is 8.70. The van der Waals surface area contributed by atoms with Gasteiger partial charge in [0.15, 0.2) is 11.6 Å². The molecule has 174 valence electrons. The summed E-state index contributed by atoms with van der Waals surface area (Å²) in [5.41, 5.74) is 4.65. The second kappa shape index (κ2) is 8.05. The number of urea groups is 1. The van der Waals surface area contributed by atoms with Crippen molar-refractivity contribution in [3.8, 4) is 22.2 Å². The minimum atomic E-state index is -0.442. The average molecular weight is 480 g/mol. The Labute approximate surface area is 198 Å². The van der Waals surface area contributed by atoms with Crippen LogP contribution in [0.15, 0.2) is 24.4 Å². The van der Waals surface area contributed by atoms with Crippen LogP contribution in [0, 0.1) is 12.7 Å². The number of ether oxygens (including phenoxy) is 2. The molecular weight excluding hydrogens is 457 g/mol. The molecule has 1 atom stereocenters. The van der Waals surface area contributed by atoms with Gasteiger partial charge in [-0.05, 0) is 37.5 Å². The van der Waals surface area contributed by atoms with Crippen LogP contribution in [0.4, 0.5) is 9.18 Å². The number of carbonyl (C=O) groups is 1. The molecule has 34 heavy (non-hydrogen) atoms. The molecule has 1 saturated carbocycles. The first-order chi connectivity index (χ1) is 16.5. The highest BCUT2D eigenvalue weighted by Gasteiger charge is 2.31. The monoisotopic (exact) mass is 479 g/mol. The topological polar surface area (TPSA) is 98.3 Å². The number of fused-ring (bicyclic) bond motifs is 4. The molecule has 2 aliphatic rings.